The number of aryl methyl sites for hydroxylation is 1. The van der Waals surface area contributed by atoms with Gasteiger partial charge in [-0.3, -0.25) is 14.8 Å². The van der Waals surface area contributed by atoms with Gasteiger partial charge < -0.3 is 4.57 Å². The van der Waals surface area contributed by atoms with E-state index in [1.807, 2.05) is 60.6 Å². The van der Waals surface area contributed by atoms with E-state index < -0.39 is 0 Å². The summed E-state index contributed by atoms with van der Waals surface area (Å²) in [7, 11) is 2.02. The van der Waals surface area contributed by atoms with Crippen molar-refractivity contribution in [2.24, 2.45) is 7.05 Å². The maximum atomic E-state index is 13.5. The number of carbonyl (C=O) groups excluding carboxylic acids is 1. The summed E-state index contributed by atoms with van der Waals surface area (Å²) in [6, 6.07) is 22.3. The van der Waals surface area contributed by atoms with E-state index in [4.69, 9.17) is 0 Å². The average molecular weight is 409 g/mol. The van der Waals surface area contributed by atoms with Crippen LogP contribution in [0.25, 0.3) is 21.7 Å². The fourth-order valence-electron chi connectivity index (χ4n) is 4.70. The molecular weight excluding hydrogens is 384 g/mol. The van der Waals surface area contributed by atoms with Crippen molar-refractivity contribution in [3.63, 3.8) is 0 Å². The van der Waals surface area contributed by atoms with Crippen LogP contribution in [0.2, 0.25) is 0 Å². The molecule has 0 radical (unpaired) electrons. The maximum absolute atomic E-state index is 13.5. The Bertz CT molecular complexity index is 1330. The van der Waals surface area contributed by atoms with Crippen molar-refractivity contribution < 1.29 is 4.79 Å². The number of hydrogen-bond donors (Lipinski definition) is 0. The molecule has 2 heterocycles. The van der Waals surface area contributed by atoms with Gasteiger partial charge in [-0.15, -0.1) is 0 Å². The molecule has 0 saturated carbocycles. The summed E-state index contributed by atoms with van der Waals surface area (Å²) in [4.78, 5) is 13.5. The smallest absolute Gasteiger partial charge is 0.245 e. The molecule has 5 rings (SSSR count). The van der Waals surface area contributed by atoms with Gasteiger partial charge in [0, 0.05) is 48.0 Å². The highest BCUT2D eigenvalue weighted by molar-refractivity contribution is 5.98. The molecule has 4 aromatic rings. The van der Waals surface area contributed by atoms with Crippen LogP contribution in [0.1, 0.15) is 24.0 Å². The summed E-state index contributed by atoms with van der Waals surface area (Å²) in [6.45, 7) is 1.50. The number of nitrogens with zero attached hydrogens (tertiary/aromatic N) is 4. The summed E-state index contributed by atoms with van der Waals surface area (Å²) < 4.78 is 2.08. The minimum Gasteiger partial charge on any atom is -0.350 e. The van der Waals surface area contributed by atoms with Crippen molar-refractivity contribution in [2.75, 3.05) is 18.1 Å². The number of fused-ring (bicyclic) bond motifs is 2. The minimum atomic E-state index is 0.101. The molecule has 0 bridgehead atoms. The van der Waals surface area contributed by atoms with Crippen molar-refractivity contribution in [1.82, 2.24) is 9.58 Å². The van der Waals surface area contributed by atoms with Gasteiger partial charge in [-0.25, -0.2) is 0 Å². The number of anilines is 1. The lowest BCUT2D eigenvalue weighted by Gasteiger charge is -2.40. The standard InChI is InChI=1S/C26H24N4O/c1-28-18-20(22-9-4-5-11-24(22)28)16-26(31)30-15-7-6-14-29(30)25-13-12-19(17-27)21-8-2-3-10-23(21)25/h2-5,8-13,18H,6-7,14-16H2,1H3. The fraction of sp³-hybridized carbons (Fsp3) is 0.231. The van der Waals surface area contributed by atoms with Crippen molar-refractivity contribution in [3.8, 4) is 6.07 Å². The van der Waals surface area contributed by atoms with Gasteiger partial charge in [0.2, 0.25) is 5.91 Å². The fourth-order valence-corrected chi connectivity index (χ4v) is 4.70. The zero-order valence-corrected chi connectivity index (χ0v) is 17.6. The Hall–Kier alpha value is -3.78. The third-order valence-electron chi connectivity index (χ3n) is 6.19. The number of benzene rings is 3. The van der Waals surface area contributed by atoms with Crippen molar-refractivity contribution >= 4 is 33.3 Å². The molecule has 5 nitrogen and oxygen atoms in total. The molecule has 1 aliphatic rings. The number of hydrogen-bond acceptors (Lipinski definition) is 3. The molecule has 0 spiro atoms. The number of aromatic nitrogens is 1. The monoisotopic (exact) mass is 408 g/mol. The molecule has 31 heavy (non-hydrogen) atoms. The first-order valence-corrected chi connectivity index (χ1v) is 10.7. The molecule has 0 aliphatic carbocycles. The number of amides is 1. The van der Waals surface area contributed by atoms with Crippen LogP contribution in [0.5, 0.6) is 0 Å². The summed E-state index contributed by atoms with van der Waals surface area (Å²) in [5, 5.41) is 16.6. The lowest BCUT2D eigenvalue weighted by Crippen LogP contribution is -2.51. The lowest BCUT2D eigenvalue weighted by molar-refractivity contribution is -0.131. The van der Waals surface area contributed by atoms with E-state index >= 15 is 0 Å². The third-order valence-corrected chi connectivity index (χ3v) is 6.19. The predicted molar refractivity (Wildman–Crippen MR) is 124 cm³/mol. The Morgan fingerprint density at radius 3 is 2.45 bits per heavy atom. The van der Waals surface area contributed by atoms with Crippen LogP contribution < -0.4 is 5.01 Å². The van der Waals surface area contributed by atoms with Crippen LogP contribution in [-0.2, 0) is 18.3 Å². The molecule has 1 fully saturated rings. The van der Waals surface area contributed by atoms with Crippen molar-refractivity contribution in [1.29, 1.82) is 5.26 Å². The van der Waals surface area contributed by atoms with Crippen LogP contribution in [0.3, 0.4) is 0 Å². The van der Waals surface area contributed by atoms with E-state index in [-0.39, 0.29) is 5.91 Å². The van der Waals surface area contributed by atoms with E-state index in [2.05, 4.69) is 34.0 Å². The van der Waals surface area contributed by atoms with E-state index in [0.717, 1.165) is 52.3 Å². The SMILES string of the molecule is Cn1cc(CC(=O)N2CCCCN2c2ccc(C#N)c3ccccc23)c2ccccc21. The Labute approximate surface area is 181 Å². The Morgan fingerprint density at radius 2 is 1.65 bits per heavy atom. The summed E-state index contributed by atoms with van der Waals surface area (Å²) in [5.41, 5.74) is 3.84. The second-order valence-corrected chi connectivity index (χ2v) is 8.10. The quantitative estimate of drug-likeness (QED) is 0.490. The second kappa shape index (κ2) is 7.81. The van der Waals surface area contributed by atoms with Gasteiger partial charge in [-0.2, -0.15) is 5.26 Å². The highest BCUT2D eigenvalue weighted by Crippen LogP contribution is 2.32. The molecule has 0 unspecified atom stereocenters. The molecule has 1 saturated heterocycles. The Kier molecular flexibility index (Phi) is 4.83. The van der Waals surface area contributed by atoms with Crippen LogP contribution in [0.4, 0.5) is 5.69 Å². The number of para-hydroxylation sites is 1. The van der Waals surface area contributed by atoms with E-state index in [0.29, 0.717) is 18.5 Å². The Morgan fingerprint density at radius 1 is 0.935 bits per heavy atom. The normalized spacial score (nSPS) is 14.2. The summed E-state index contributed by atoms with van der Waals surface area (Å²) >= 11 is 0. The summed E-state index contributed by atoms with van der Waals surface area (Å²) in [6.07, 6.45) is 4.46. The Balaban J connectivity index is 1.51. The zero-order valence-electron chi connectivity index (χ0n) is 17.6. The summed E-state index contributed by atoms with van der Waals surface area (Å²) in [5.74, 6) is 0.101. The predicted octanol–water partition coefficient (Wildman–Crippen LogP) is 4.79. The second-order valence-electron chi connectivity index (χ2n) is 8.10. The first kappa shape index (κ1) is 19.2. The molecule has 0 atom stereocenters. The van der Waals surface area contributed by atoms with Gasteiger partial charge in [0.15, 0.2) is 0 Å². The molecule has 1 amide bonds. The van der Waals surface area contributed by atoms with Gasteiger partial charge in [0.1, 0.15) is 0 Å². The largest absolute Gasteiger partial charge is 0.350 e. The average Bonchev–Trinajstić information content (AvgIpc) is 3.13. The number of carbonyl (C=O) groups is 1. The molecule has 0 N–H and O–H groups in total. The topological polar surface area (TPSA) is 52.3 Å². The molecule has 3 aromatic carbocycles. The van der Waals surface area contributed by atoms with Gasteiger partial charge in [-0.1, -0.05) is 42.5 Å². The first-order chi connectivity index (χ1) is 15.2. The van der Waals surface area contributed by atoms with Gasteiger partial charge in [0.25, 0.3) is 0 Å². The van der Waals surface area contributed by atoms with Crippen LogP contribution in [0, 0.1) is 11.3 Å². The third kappa shape index (κ3) is 3.30. The van der Waals surface area contributed by atoms with E-state index in [1.54, 1.807) is 0 Å². The minimum absolute atomic E-state index is 0.101. The maximum Gasteiger partial charge on any atom is 0.245 e. The van der Waals surface area contributed by atoms with Crippen molar-refractivity contribution in [3.05, 3.63) is 78.0 Å². The number of rotatable bonds is 3. The number of nitriles is 1. The number of hydrazine groups is 1. The molecule has 5 heteroatoms. The van der Waals surface area contributed by atoms with Crippen molar-refractivity contribution in [2.45, 2.75) is 19.3 Å². The van der Waals surface area contributed by atoms with E-state index in [9.17, 15) is 10.1 Å². The van der Waals surface area contributed by atoms with Crippen LogP contribution in [-0.4, -0.2) is 28.6 Å². The highest BCUT2D eigenvalue weighted by Gasteiger charge is 2.27. The molecular formula is C26H24N4O. The van der Waals surface area contributed by atoms with Crippen LogP contribution >= 0.6 is 0 Å². The van der Waals surface area contributed by atoms with E-state index in [1.165, 1.54) is 0 Å². The van der Waals surface area contributed by atoms with Gasteiger partial charge in [0.05, 0.1) is 23.7 Å². The lowest BCUT2D eigenvalue weighted by atomic mass is 10.0. The van der Waals surface area contributed by atoms with Gasteiger partial charge >= 0.3 is 0 Å². The zero-order chi connectivity index (χ0) is 21.4. The molecule has 154 valence electrons. The van der Waals surface area contributed by atoms with Gasteiger partial charge in [-0.05, 0) is 36.6 Å². The first-order valence-electron chi connectivity index (χ1n) is 10.7. The molecule has 1 aliphatic heterocycles. The molecule has 1 aromatic heterocycles. The highest BCUT2D eigenvalue weighted by atomic mass is 16.2. The van der Waals surface area contributed by atoms with Crippen LogP contribution in [0.15, 0.2) is 66.9 Å².